The highest BCUT2D eigenvalue weighted by Crippen LogP contribution is 2.46. The first-order valence-corrected chi connectivity index (χ1v) is 5.37. The number of carbonyl (C=O) groups excluding carboxylic acids is 2. The summed E-state index contributed by atoms with van der Waals surface area (Å²) in [5.74, 6) is 0.507. The molecule has 2 atom stereocenters. The maximum absolute atomic E-state index is 11.8. The highest BCUT2D eigenvalue weighted by Gasteiger charge is 2.40. The lowest BCUT2D eigenvalue weighted by Crippen LogP contribution is -2.33. The molecule has 0 radical (unpaired) electrons. The summed E-state index contributed by atoms with van der Waals surface area (Å²) in [5.41, 5.74) is 2.84. The van der Waals surface area contributed by atoms with Gasteiger partial charge >= 0.3 is 0 Å². The summed E-state index contributed by atoms with van der Waals surface area (Å²) in [5, 5.41) is 0. The standard InChI is InChI=1S/C13H12O2/c1-7-6-8-2-3-9(7)13-11(15)5-4-10(14)12(8)13/h4-6,8-9H,2-3H2,1H3/t8-,9+/m0/s1. The van der Waals surface area contributed by atoms with Crippen molar-refractivity contribution in [1.29, 1.82) is 0 Å². The highest BCUT2D eigenvalue weighted by molar-refractivity contribution is 6.21. The third-order valence-electron chi connectivity index (χ3n) is 3.71. The van der Waals surface area contributed by atoms with Gasteiger partial charge in [-0.05, 0) is 31.9 Å². The van der Waals surface area contributed by atoms with Gasteiger partial charge in [-0.25, -0.2) is 0 Å². The van der Waals surface area contributed by atoms with Crippen molar-refractivity contribution in [1.82, 2.24) is 0 Å². The molecule has 0 spiro atoms. The summed E-state index contributed by atoms with van der Waals surface area (Å²) in [4.78, 5) is 23.5. The van der Waals surface area contributed by atoms with Gasteiger partial charge in [0.1, 0.15) is 0 Å². The van der Waals surface area contributed by atoms with Crippen molar-refractivity contribution in [2.24, 2.45) is 11.8 Å². The van der Waals surface area contributed by atoms with Gasteiger partial charge in [-0.15, -0.1) is 0 Å². The van der Waals surface area contributed by atoms with Crippen molar-refractivity contribution >= 4 is 11.6 Å². The van der Waals surface area contributed by atoms with Gasteiger partial charge in [-0.2, -0.15) is 0 Å². The molecule has 76 valence electrons. The van der Waals surface area contributed by atoms with Gasteiger partial charge in [0, 0.05) is 23.0 Å². The molecule has 0 fully saturated rings. The first-order chi connectivity index (χ1) is 7.18. The van der Waals surface area contributed by atoms with Gasteiger partial charge in [-0.3, -0.25) is 9.59 Å². The van der Waals surface area contributed by atoms with Crippen LogP contribution < -0.4 is 0 Å². The zero-order valence-electron chi connectivity index (χ0n) is 8.62. The van der Waals surface area contributed by atoms with Crippen molar-refractivity contribution in [3.8, 4) is 0 Å². The Labute approximate surface area is 88.4 Å². The third kappa shape index (κ3) is 1.05. The average molecular weight is 200 g/mol. The predicted molar refractivity (Wildman–Crippen MR) is 56.2 cm³/mol. The van der Waals surface area contributed by atoms with E-state index >= 15 is 0 Å². The lowest BCUT2D eigenvalue weighted by molar-refractivity contribution is -0.116. The van der Waals surface area contributed by atoms with E-state index in [9.17, 15) is 9.59 Å². The van der Waals surface area contributed by atoms with Crippen LogP contribution in [0.4, 0.5) is 0 Å². The molecule has 0 aromatic heterocycles. The normalized spacial score (nSPS) is 33.3. The first-order valence-electron chi connectivity index (χ1n) is 5.37. The van der Waals surface area contributed by atoms with Crippen molar-refractivity contribution < 1.29 is 9.59 Å². The fraction of sp³-hybridized carbons (Fsp3) is 0.385. The monoisotopic (exact) mass is 200 g/mol. The maximum atomic E-state index is 11.8. The molecule has 4 aliphatic rings. The second kappa shape index (κ2) is 2.78. The van der Waals surface area contributed by atoms with Crippen LogP contribution in [0.25, 0.3) is 0 Å². The lowest BCUT2D eigenvalue weighted by Gasteiger charge is -2.38. The van der Waals surface area contributed by atoms with E-state index in [1.165, 1.54) is 17.7 Å². The Hall–Kier alpha value is -1.44. The van der Waals surface area contributed by atoms with Crippen LogP contribution in [0, 0.1) is 11.8 Å². The number of ketones is 2. The van der Waals surface area contributed by atoms with Gasteiger partial charge < -0.3 is 0 Å². The van der Waals surface area contributed by atoms with E-state index in [1.807, 2.05) is 0 Å². The van der Waals surface area contributed by atoms with Gasteiger partial charge in [0.25, 0.3) is 0 Å². The van der Waals surface area contributed by atoms with Crippen LogP contribution in [-0.4, -0.2) is 11.6 Å². The molecule has 0 saturated heterocycles. The molecular weight excluding hydrogens is 188 g/mol. The molecule has 4 rings (SSSR count). The molecule has 2 heteroatoms. The van der Waals surface area contributed by atoms with E-state index in [0.29, 0.717) is 0 Å². The second-order valence-corrected chi connectivity index (χ2v) is 4.54. The summed E-state index contributed by atoms with van der Waals surface area (Å²) >= 11 is 0. The van der Waals surface area contributed by atoms with Gasteiger partial charge in [0.15, 0.2) is 11.6 Å². The number of hydrogen-bond acceptors (Lipinski definition) is 2. The minimum absolute atomic E-state index is 0.0445. The minimum atomic E-state index is 0.0445. The molecule has 15 heavy (non-hydrogen) atoms. The Kier molecular flexibility index (Phi) is 1.64. The van der Waals surface area contributed by atoms with Crippen molar-refractivity contribution in [3.63, 3.8) is 0 Å². The summed E-state index contributed by atoms with van der Waals surface area (Å²) in [6.45, 7) is 2.07. The van der Waals surface area contributed by atoms with Crippen LogP contribution in [0.2, 0.25) is 0 Å². The molecule has 2 bridgehead atoms. The molecule has 0 unspecified atom stereocenters. The summed E-state index contributed by atoms with van der Waals surface area (Å²) in [6, 6.07) is 0. The molecular formula is C13H12O2. The smallest absolute Gasteiger partial charge is 0.183 e. The Morgan fingerprint density at radius 1 is 1.07 bits per heavy atom. The summed E-state index contributed by atoms with van der Waals surface area (Å²) < 4.78 is 0. The average Bonchev–Trinajstić information content (AvgIpc) is 2.23. The second-order valence-electron chi connectivity index (χ2n) is 4.54. The topological polar surface area (TPSA) is 34.1 Å². The number of allylic oxidation sites excluding steroid dienone is 6. The van der Waals surface area contributed by atoms with Crippen LogP contribution >= 0.6 is 0 Å². The molecule has 0 aliphatic heterocycles. The molecule has 0 N–H and O–H groups in total. The quantitative estimate of drug-likeness (QED) is 0.442. The summed E-state index contributed by atoms with van der Waals surface area (Å²) in [7, 11) is 0. The number of fused-ring (bicyclic) bond motifs is 1. The zero-order chi connectivity index (χ0) is 10.6. The SMILES string of the molecule is CC1=C[C@@H]2CC[C@H]1C1=C2C(=O)C=CC1=O. The number of rotatable bonds is 0. The van der Waals surface area contributed by atoms with Crippen LogP contribution in [0.1, 0.15) is 19.8 Å². The molecule has 0 aromatic rings. The highest BCUT2D eigenvalue weighted by atomic mass is 16.1. The molecule has 2 nitrogen and oxygen atoms in total. The first kappa shape index (κ1) is 8.84. The lowest BCUT2D eigenvalue weighted by atomic mass is 9.64. The fourth-order valence-corrected chi connectivity index (χ4v) is 3.03. The molecule has 4 aliphatic carbocycles. The van der Waals surface area contributed by atoms with Crippen molar-refractivity contribution in [3.05, 3.63) is 34.9 Å². The van der Waals surface area contributed by atoms with Crippen LogP contribution in [0.15, 0.2) is 34.9 Å². The van der Waals surface area contributed by atoms with Gasteiger partial charge in [0.2, 0.25) is 0 Å². The Morgan fingerprint density at radius 2 is 1.73 bits per heavy atom. The molecule has 0 heterocycles. The fourth-order valence-electron chi connectivity index (χ4n) is 3.03. The van der Waals surface area contributed by atoms with E-state index in [-0.39, 0.29) is 23.4 Å². The van der Waals surface area contributed by atoms with E-state index in [4.69, 9.17) is 0 Å². The van der Waals surface area contributed by atoms with E-state index in [2.05, 4.69) is 13.0 Å². The largest absolute Gasteiger partial charge is 0.290 e. The molecule has 0 amide bonds. The van der Waals surface area contributed by atoms with E-state index in [0.717, 1.165) is 24.0 Å². The molecule has 0 saturated carbocycles. The van der Waals surface area contributed by atoms with Crippen molar-refractivity contribution in [2.75, 3.05) is 0 Å². The van der Waals surface area contributed by atoms with Gasteiger partial charge in [-0.1, -0.05) is 11.6 Å². The van der Waals surface area contributed by atoms with Crippen molar-refractivity contribution in [2.45, 2.75) is 19.8 Å². The Bertz CT molecular complexity index is 463. The molecule has 0 aromatic carbocycles. The minimum Gasteiger partial charge on any atom is -0.290 e. The Balaban J connectivity index is 2.19. The maximum Gasteiger partial charge on any atom is 0.183 e. The van der Waals surface area contributed by atoms with Crippen LogP contribution in [0.3, 0.4) is 0 Å². The summed E-state index contributed by atoms with van der Waals surface area (Å²) in [6.07, 6.45) is 7.06. The predicted octanol–water partition coefficient (Wildman–Crippen LogP) is 1.98. The number of hydrogen-bond donors (Lipinski definition) is 0. The van der Waals surface area contributed by atoms with E-state index < -0.39 is 0 Å². The van der Waals surface area contributed by atoms with Crippen LogP contribution in [-0.2, 0) is 9.59 Å². The Morgan fingerprint density at radius 3 is 2.40 bits per heavy atom. The number of carbonyl (C=O) groups is 2. The third-order valence-corrected chi connectivity index (χ3v) is 3.71. The van der Waals surface area contributed by atoms with Gasteiger partial charge in [0.05, 0.1) is 0 Å². The zero-order valence-corrected chi connectivity index (χ0v) is 8.62. The van der Waals surface area contributed by atoms with E-state index in [1.54, 1.807) is 0 Å². The van der Waals surface area contributed by atoms with Crippen LogP contribution in [0.5, 0.6) is 0 Å².